The third-order valence-electron chi connectivity index (χ3n) is 3.11. The summed E-state index contributed by atoms with van der Waals surface area (Å²) in [5, 5.41) is 2.87. The molecule has 5 heteroatoms. The largest absolute Gasteiger partial charge is 0.377 e. The van der Waals surface area contributed by atoms with Crippen LogP contribution in [0.2, 0.25) is 0 Å². The number of nitrogens with zero attached hydrogens (tertiary/aromatic N) is 2. The van der Waals surface area contributed by atoms with Gasteiger partial charge in [0.05, 0.1) is 6.04 Å². The number of likely N-dealkylation sites (N-methyl/N-ethyl adjacent to an activating group) is 1. The zero-order chi connectivity index (χ0) is 12.7. The van der Waals surface area contributed by atoms with Gasteiger partial charge < -0.3 is 9.64 Å². The number of hydrogen-bond acceptors (Lipinski definition) is 4. The minimum absolute atomic E-state index is 0.0294. The first-order valence-corrected chi connectivity index (χ1v) is 5.54. The van der Waals surface area contributed by atoms with E-state index in [9.17, 15) is 9.70 Å². The van der Waals surface area contributed by atoms with Gasteiger partial charge in [-0.25, -0.2) is 0 Å². The molecule has 0 aromatic heterocycles. The Labute approximate surface area is 97.1 Å². The van der Waals surface area contributed by atoms with E-state index in [1.165, 1.54) is 6.92 Å². The van der Waals surface area contributed by atoms with Gasteiger partial charge in [0.1, 0.15) is 12.6 Å². The third-order valence-corrected chi connectivity index (χ3v) is 3.11. The molecule has 16 heavy (non-hydrogen) atoms. The Balaban J connectivity index is 4.88. The zero-order valence-corrected chi connectivity index (χ0v) is 10.8. The van der Waals surface area contributed by atoms with Crippen molar-refractivity contribution in [2.45, 2.75) is 39.3 Å². The van der Waals surface area contributed by atoms with Gasteiger partial charge in [-0.1, -0.05) is 25.4 Å². The Morgan fingerprint density at radius 2 is 2.06 bits per heavy atom. The number of rotatable bonds is 7. The van der Waals surface area contributed by atoms with Crippen LogP contribution in [0, 0.1) is 10.8 Å². The Morgan fingerprint density at radius 1 is 1.50 bits per heavy atom. The van der Waals surface area contributed by atoms with Crippen LogP contribution < -0.4 is 0 Å². The number of amides is 1. The Morgan fingerprint density at radius 3 is 2.38 bits per heavy atom. The highest BCUT2D eigenvalue weighted by Crippen LogP contribution is 2.19. The van der Waals surface area contributed by atoms with Gasteiger partial charge in [0, 0.05) is 21.1 Å². The standard InChI is InChI=1S/C11H22N2O3/c1-6-8(2)11(13(4)9(3)14)10(16-5)7-12-15/h8,10-11H,6-7H2,1-5H3/t8?,10?,11-/m0/s1. The van der Waals surface area contributed by atoms with Crippen LogP contribution in [0.1, 0.15) is 27.2 Å². The fraction of sp³-hybridized carbons (Fsp3) is 0.909. The first kappa shape index (κ1) is 15.0. The van der Waals surface area contributed by atoms with E-state index in [1.54, 1.807) is 19.1 Å². The van der Waals surface area contributed by atoms with Gasteiger partial charge in [-0.15, -0.1) is 0 Å². The lowest BCUT2D eigenvalue weighted by atomic mass is 9.93. The molecule has 0 saturated heterocycles. The first-order chi connectivity index (χ1) is 7.49. The quantitative estimate of drug-likeness (QED) is 0.625. The normalized spacial score (nSPS) is 16.3. The van der Waals surface area contributed by atoms with Crippen molar-refractivity contribution in [3.63, 3.8) is 0 Å². The second-order valence-electron chi connectivity index (χ2n) is 4.09. The summed E-state index contributed by atoms with van der Waals surface area (Å²) in [5.41, 5.74) is 0. The molecule has 94 valence electrons. The van der Waals surface area contributed by atoms with Gasteiger partial charge in [0.2, 0.25) is 5.91 Å². The summed E-state index contributed by atoms with van der Waals surface area (Å²) in [4.78, 5) is 23.4. The lowest BCUT2D eigenvalue weighted by Crippen LogP contribution is -2.49. The summed E-state index contributed by atoms with van der Waals surface area (Å²) < 4.78 is 5.26. The lowest BCUT2D eigenvalue weighted by molar-refractivity contribution is -0.134. The highest BCUT2D eigenvalue weighted by Gasteiger charge is 2.31. The Hall–Kier alpha value is -0.970. The summed E-state index contributed by atoms with van der Waals surface area (Å²) in [6.07, 6.45) is 0.586. The number of carbonyl (C=O) groups excluding carboxylic acids is 1. The molecule has 0 aromatic carbocycles. The summed E-state index contributed by atoms with van der Waals surface area (Å²) >= 11 is 0. The molecule has 0 bridgehead atoms. The second kappa shape index (κ2) is 7.33. The molecule has 0 aliphatic carbocycles. The molecule has 0 heterocycles. The predicted molar refractivity (Wildman–Crippen MR) is 63.1 cm³/mol. The average molecular weight is 230 g/mol. The van der Waals surface area contributed by atoms with E-state index in [2.05, 4.69) is 5.18 Å². The Bertz CT molecular complexity index is 233. The Kier molecular flexibility index (Phi) is 6.88. The topological polar surface area (TPSA) is 59.0 Å². The lowest BCUT2D eigenvalue weighted by Gasteiger charge is -2.36. The minimum atomic E-state index is -0.332. The van der Waals surface area contributed by atoms with Crippen LogP contribution in [0.25, 0.3) is 0 Å². The van der Waals surface area contributed by atoms with E-state index in [1.807, 2.05) is 13.8 Å². The summed E-state index contributed by atoms with van der Waals surface area (Å²) in [6, 6.07) is -0.106. The number of carbonyl (C=O) groups is 1. The van der Waals surface area contributed by atoms with E-state index in [-0.39, 0.29) is 30.5 Å². The number of ether oxygens (including phenoxy) is 1. The van der Waals surface area contributed by atoms with Crippen molar-refractivity contribution in [1.29, 1.82) is 0 Å². The molecule has 1 amide bonds. The molecule has 0 rings (SSSR count). The second-order valence-corrected chi connectivity index (χ2v) is 4.09. The van der Waals surface area contributed by atoms with Crippen LogP contribution in [-0.4, -0.2) is 43.7 Å². The van der Waals surface area contributed by atoms with E-state index >= 15 is 0 Å². The van der Waals surface area contributed by atoms with Crippen LogP contribution in [-0.2, 0) is 9.53 Å². The van der Waals surface area contributed by atoms with Gasteiger partial charge in [-0.2, -0.15) is 4.91 Å². The van der Waals surface area contributed by atoms with E-state index in [4.69, 9.17) is 4.74 Å². The highest BCUT2D eigenvalue weighted by molar-refractivity contribution is 5.73. The summed E-state index contributed by atoms with van der Waals surface area (Å²) in [6.45, 7) is 5.67. The van der Waals surface area contributed by atoms with Crippen LogP contribution in [0.15, 0.2) is 5.18 Å². The minimum Gasteiger partial charge on any atom is -0.377 e. The molecule has 0 radical (unpaired) electrons. The zero-order valence-electron chi connectivity index (χ0n) is 10.8. The number of hydrogen-bond donors (Lipinski definition) is 0. The monoisotopic (exact) mass is 230 g/mol. The van der Waals surface area contributed by atoms with E-state index in [0.717, 1.165) is 6.42 Å². The predicted octanol–water partition coefficient (Wildman–Crippen LogP) is 1.66. The SMILES string of the molecule is CCC(C)[C@@H](C(CN=O)OC)N(C)C(C)=O. The maximum atomic E-state index is 11.4. The number of nitroso groups, excluding NO2 is 1. The van der Waals surface area contributed by atoms with Crippen molar-refractivity contribution in [3.8, 4) is 0 Å². The molecule has 2 unspecified atom stereocenters. The molecular formula is C11H22N2O3. The highest BCUT2D eigenvalue weighted by atomic mass is 16.5. The van der Waals surface area contributed by atoms with Crippen molar-refractivity contribution in [3.05, 3.63) is 4.91 Å². The third kappa shape index (κ3) is 3.89. The van der Waals surface area contributed by atoms with Crippen molar-refractivity contribution in [2.24, 2.45) is 11.1 Å². The van der Waals surface area contributed by atoms with Gasteiger partial charge in [-0.3, -0.25) is 4.79 Å². The van der Waals surface area contributed by atoms with E-state index in [0.29, 0.717) is 0 Å². The molecule has 0 saturated carbocycles. The van der Waals surface area contributed by atoms with Crippen molar-refractivity contribution in [1.82, 2.24) is 4.90 Å². The smallest absolute Gasteiger partial charge is 0.219 e. The van der Waals surface area contributed by atoms with Crippen molar-refractivity contribution >= 4 is 5.91 Å². The molecule has 0 aliphatic heterocycles. The maximum absolute atomic E-state index is 11.4. The molecule has 0 aliphatic rings. The molecule has 5 nitrogen and oxygen atoms in total. The van der Waals surface area contributed by atoms with E-state index < -0.39 is 0 Å². The van der Waals surface area contributed by atoms with Gasteiger partial charge in [0.15, 0.2) is 0 Å². The van der Waals surface area contributed by atoms with Crippen LogP contribution in [0.3, 0.4) is 0 Å². The number of methoxy groups -OCH3 is 1. The van der Waals surface area contributed by atoms with Crippen LogP contribution >= 0.6 is 0 Å². The molecule has 0 N–H and O–H groups in total. The first-order valence-electron chi connectivity index (χ1n) is 5.54. The molecule has 3 atom stereocenters. The van der Waals surface area contributed by atoms with Crippen LogP contribution in [0.5, 0.6) is 0 Å². The maximum Gasteiger partial charge on any atom is 0.219 e. The molecule has 0 fully saturated rings. The van der Waals surface area contributed by atoms with Crippen molar-refractivity contribution < 1.29 is 9.53 Å². The molecular weight excluding hydrogens is 208 g/mol. The van der Waals surface area contributed by atoms with Crippen molar-refractivity contribution in [2.75, 3.05) is 20.7 Å². The van der Waals surface area contributed by atoms with Crippen LogP contribution in [0.4, 0.5) is 0 Å². The summed E-state index contributed by atoms with van der Waals surface area (Å²) in [7, 11) is 3.27. The van der Waals surface area contributed by atoms with Gasteiger partial charge in [0.25, 0.3) is 0 Å². The van der Waals surface area contributed by atoms with Gasteiger partial charge in [-0.05, 0) is 5.92 Å². The fourth-order valence-electron chi connectivity index (χ4n) is 1.84. The summed E-state index contributed by atoms with van der Waals surface area (Å²) in [5.74, 6) is 0.235. The molecule has 0 aromatic rings. The van der Waals surface area contributed by atoms with Gasteiger partial charge >= 0.3 is 0 Å². The average Bonchev–Trinajstić information content (AvgIpc) is 2.27. The fourth-order valence-corrected chi connectivity index (χ4v) is 1.84. The molecule has 0 spiro atoms.